The molecule has 1 aromatic rings. The van der Waals surface area contributed by atoms with E-state index in [4.69, 9.17) is 0 Å². The Morgan fingerprint density at radius 2 is 1.84 bits per heavy atom. The van der Waals surface area contributed by atoms with Crippen LogP contribution < -0.4 is 5.32 Å². The Morgan fingerprint density at radius 3 is 2.32 bits per heavy atom. The normalized spacial score (nSPS) is 23.5. The van der Waals surface area contributed by atoms with Crippen molar-refractivity contribution in [2.24, 2.45) is 0 Å². The van der Waals surface area contributed by atoms with E-state index in [-0.39, 0.29) is 18.0 Å². The zero-order valence-corrected chi connectivity index (χ0v) is 11.9. The highest BCUT2D eigenvalue weighted by Crippen LogP contribution is 2.20. The second kappa shape index (κ2) is 5.17. The van der Waals surface area contributed by atoms with Gasteiger partial charge in [-0.25, -0.2) is 0 Å². The summed E-state index contributed by atoms with van der Waals surface area (Å²) in [4.78, 5) is 28.4. The fourth-order valence-corrected chi connectivity index (χ4v) is 2.86. The third kappa shape index (κ3) is 2.56. The SMILES string of the molecule is Cc1[nH]c(C=O)c(C)c1C(=O)N1CC(C)NC(C)C1. The molecule has 1 fully saturated rings. The summed E-state index contributed by atoms with van der Waals surface area (Å²) >= 11 is 0. The van der Waals surface area contributed by atoms with Crippen molar-refractivity contribution < 1.29 is 9.59 Å². The average molecular weight is 263 g/mol. The highest BCUT2D eigenvalue weighted by Gasteiger charge is 2.28. The first kappa shape index (κ1) is 13.8. The Hall–Kier alpha value is -1.62. The number of hydrogen-bond acceptors (Lipinski definition) is 3. The molecule has 104 valence electrons. The van der Waals surface area contributed by atoms with Crippen molar-refractivity contribution in [1.29, 1.82) is 0 Å². The number of H-pyrrole nitrogens is 1. The molecule has 1 aliphatic rings. The zero-order chi connectivity index (χ0) is 14.2. The maximum Gasteiger partial charge on any atom is 0.256 e. The molecular formula is C14H21N3O2. The van der Waals surface area contributed by atoms with Crippen molar-refractivity contribution in [3.8, 4) is 0 Å². The minimum absolute atomic E-state index is 0.0135. The molecule has 0 spiro atoms. The third-order valence-corrected chi connectivity index (χ3v) is 3.65. The van der Waals surface area contributed by atoms with E-state index in [9.17, 15) is 9.59 Å². The Morgan fingerprint density at radius 1 is 1.26 bits per heavy atom. The van der Waals surface area contributed by atoms with E-state index < -0.39 is 0 Å². The van der Waals surface area contributed by atoms with Crippen molar-refractivity contribution in [3.05, 3.63) is 22.5 Å². The fraction of sp³-hybridized carbons (Fsp3) is 0.571. The molecule has 5 heteroatoms. The van der Waals surface area contributed by atoms with Gasteiger partial charge >= 0.3 is 0 Å². The Labute approximate surface area is 113 Å². The van der Waals surface area contributed by atoms with E-state index in [0.717, 1.165) is 17.5 Å². The topological polar surface area (TPSA) is 65.2 Å². The lowest BCUT2D eigenvalue weighted by Gasteiger charge is -2.36. The maximum absolute atomic E-state index is 12.6. The van der Waals surface area contributed by atoms with Crippen LogP contribution in [-0.4, -0.2) is 47.3 Å². The van der Waals surface area contributed by atoms with Crippen LogP contribution in [0.15, 0.2) is 0 Å². The van der Waals surface area contributed by atoms with Crippen molar-refractivity contribution in [3.63, 3.8) is 0 Å². The molecule has 2 heterocycles. The fourth-order valence-electron chi connectivity index (χ4n) is 2.86. The first-order valence-electron chi connectivity index (χ1n) is 6.63. The van der Waals surface area contributed by atoms with E-state index in [1.807, 2.05) is 18.7 Å². The number of nitrogens with zero attached hydrogens (tertiary/aromatic N) is 1. The van der Waals surface area contributed by atoms with E-state index in [2.05, 4.69) is 24.1 Å². The van der Waals surface area contributed by atoms with Gasteiger partial charge in [0, 0.05) is 30.9 Å². The molecule has 0 radical (unpaired) electrons. The van der Waals surface area contributed by atoms with Crippen LogP contribution in [0.1, 0.15) is 46.0 Å². The number of carbonyl (C=O) groups is 2. The van der Waals surface area contributed by atoms with Crippen LogP contribution in [0.5, 0.6) is 0 Å². The van der Waals surface area contributed by atoms with Crippen LogP contribution in [0.4, 0.5) is 0 Å². The number of piperazine rings is 1. The van der Waals surface area contributed by atoms with Gasteiger partial charge in [-0.2, -0.15) is 0 Å². The molecule has 1 aliphatic heterocycles. The minimum Gasteiger partial charge on any atom is -0.356 e. The average Bonchev–Trinajstić information content (AvgIpc) is 2.62. The van der Waals surface area contributed by atoms with Gasteiger partial charge in [0.2, 0.25) is 0 Å². The van der Waals surface area contributed by atoms with E-state index >= 15 is 0 Å². The highest BCUT2D eigenvalue weighted by atomic mass is 16.2. The highest BCUT2D eigenvalue weighted by molar-refractivity contribution is 5.99. The van der Waals surface area contributed by atoms with Gasteiger partial charge < -0.3 is 15.2 Å². The number of aromatic amines is 1. The number of rotatable bonds is 2. The summed E-state index contributed by atoms with van der Waals surface area (Å²) in [5.41, 5.74) is 2.65. The Balaban J connectivity index is 2.29. The first-order valence-corrected chi connectivity index (χ1v) is 6.63. The molecule has 0 aliphatic carbocycles. The van der Waals surface area contributed by atoms with Crippen molar-refractivity contribution >= 4 is 12.2 Å². The van der Waals surface area contributed by atoms with Crippen LogP contribution in [0.25, 0.3) is 0 Å². The molecule has 2 unspecified atom stereocenters. The summed E-state index contributed by atoms with van der Waals surface area (Å²) in [7, 11) is 0. The number of aryl methyl sites for hydroxylation is 1. The third-order valence-electron chi connectivity index (χ3n) is 3.65. The monoisotopic (exact) mass is 263 g/mol. The summed E-state index contributed by atoms with van der Waals surface area (Å²) < 4.78 is 0. The summed E-state index contributed by atoms with van der Waals surface area (Å²) in [6.45, 7) is 9.19. The van der Waals surface area contributed by atoms with Crippen LogP contribution in [0.2, 0.25) is 0 Å². The zero-order valence-electron chi connectivity index (χ0n) is 11.9. The largest absolute Gasteiger partial charge is 0.356 e. The van der Waals surface area contributed by atoms with Crippen molar-refractivity contribution in [2.75, 3.05) is 13.1 Å². The van der Waals surface area contributed by atoms with Crippen LogP contribution in [0, 0.1) is 13.8 Å². The van der Waals surface area contributed by atoms with E-state index in [1.54, 1.807) is 0 Å². The van der Waals surface area contributed by atoms with Gasteiger partial charge in [-0.1, -0.05) is 0 Å². The number of hydrogen-bond donors (Lipinski definition) is 2. The van der Waals surface area contributed by atoms with E-state index in [1.165, 1.54) is 0 Å². The van der Waals surface area contributed by atoms with Gasteiger partial charge in [-0.15, -0.1) is 0 Å². The van der Waals surface area contributed by atoms with Gasteiger partial charge in [-0.3, -0.25) is 9.59 Å². The molecule has 2 atom stereocenters. The first-order chi connectivity index (χ1) is 8.93. The number of amides is 1. The molecule has 2 N–H and O–H groups in total. The molecule has 0 saturated carbocycles. The van der Waals surface area contributed by atoms with Gasteiger partial charge in [-0.05, 0) is 33.3 Å². The molecule has 5 nitrogen and oxygen atoms in total. The smallest absolute Gasteiger partial charge is 0.256 e. The molecule has 1 aromatic heterocycles. The summed E-state index contributed by atoms with van der Waals surface area (Å²) in [5, 5.41) is 3.40. The van der Waals surface area contributed by atoms with Gasteiger partial charge in [0.1, 0.15) is 0 Å². The lowest BCUT2D eigenvalue weighted by molar-refractivity contribution is 0.0672. The van der Waals surface area contributed by atoms with Gasteiger partial charge in [0.25, 0.3) is 5.91 Å². The summed E-state index contributed by atoms with van der Waals surface area (Å²) in [6.07, 6.45) is 0.766. The molecule has 19 heavy (non-hydrogen) atoms. The lowest BCUT2D eigenvalue weighted by atomic mass is 10.1. The van der Waals surface area contributed by atoms with Crippen LogP contribution in [0.3, 0.4) is 0 Å². The predicted molar refractivity (Wildman–Crippen MR) is 73.6 cm³/mol. The molecule has 1 amide bonds. The van der Waals surface area contributed by atoms with E-state index in [0.29, 0.717) is 24.3 Å². The molecule has 1 saturated heterocycles. The second-order valence-corrected chi connectivity index (χ2v) is 5.46. The molecule has 0 bridgehead atoms. The van der Waals surface area contributed by atoms with Gasteiger partial charge in [0.15, 0.2) is 6.29 Å². The number of carbonyl (C=O) groups excluding carboxylic acids is 2. The minimum atomic E-state index is 0.0135. The number of aromatic nitrogens is 1. The second-order valence-electron chi connectivity index (χ2n) is 5.46. The maximum atomic E-state index is 12.6. The number of nitrogens with one attached hydrogen (secondary N) is 2. The molecular weight excluding hydrogens is 242 g/mol. The van der Waals surface area contributed by atoms with Crippen LogP contribution >= 0.6 is 0 Å². The summed E-state index contributed by atoms with van der Waals surface area (Å²) in [6, 6.07) is 0.579. The standard InChI is InChI=1S/C14H21N3O2/c1-8-5-17(6-9(2)15-8)14(19)13-10(3)12(7-18)16-11(13)4/h7-9,15-16H,5-6H2,1-4H3. The lowest BCUT2D eigenvalue weighted by Crippen LogP contribution is -2.55. The van der Waals surface area contributed by atoms with Crippen LogP contribution in [-0.2, 0) is 0 Å². The summed E-state index contributed by atoms with van der Waals surface area (Å²) in [5.74, 6) is 0.0135. The van der Waals surface area contributed by atoms with Gasteiger partial charge in [0.05, 0.1) is 11.3 Å². The van der Waals surface area contributed by atoms with Crippen molar-refractivity contribution in [2.45, 2.75) is 39.8 Å². The molecule has 0 aromatic carbocycles. The Kier molecular flexibility index (Phi) is 3.75. The molecule has 2 rings (SSSR count). The van der Waals surface area contributed by atoms with Crippen molar-refractivity contribution in [1.82, 2.24) is 15.2 Å². The quantitative estimate of drug-likeness (QED) is 0.790. The number of aldehydes is 1. The predicted octanol–water partition coefficient (Wildman–Crippen LogP) is 1.27. The Bertz CT molecular complexity index is 497.